The average Bonchev–Trinajstić information content (AvgIpc) is 2.87. The molecule has 0 bridgehead atoms. The van der Waals surface area contributed by atoms with Gasteiger partial charge in [0.25, 0.3) is 0 Å². The molecule has 1 aromatic heterocycles. The summed E-state index contributed by atoms with van der Waals surface area (Å²) in [6, 6.07) is 4.51. The lowest BCUT2D eigenvalue weighted by atomic mass is 9.96. The molecular formula is C12H19NO. The van der Waals surface area contributed by atoms with Crippen molar-refractivity contribution in [2.45, 2.75) is 38.6 Å². The first-order valence-electron chi connectivity index (χ1n) is 5.68. The number of hydrogen-bond donors (Lipinski definition) is 1. The van der Waals surface area contributed by atoms with Gasteiger partial charge in [0.05, 0.1) is 12.3 Å². The van der Waals surface area contributed by atoms with E-state index >= 15 is 0 Å². The molecule has 0 spiro atoms. The van der Waals surface area contributed by atoms with E-state index in [-0.39, 0.29) is 0 Å². The number of nitrogens with one attached hydrogen (secondary N) is 1. The third-order valence-electron chi connectivity index (χ3n) is 3.14. The van der Waals surface area contributed by atoms with E-state index in [0.29, 0.717) is 6.04 Å². The largest absolute Gasteiger partial charge is 0.468 e. The van der Waals surface area contributed by atoms with Gasteiger partial charge in [0.1, 0.15) is 5.76 Å². The molecule has 0 aromatic carbocycles. The monoisotopic (exact) mass is 193 g/mol. The van der Waals surface area contributed by atoms with Crippen molar-refractivity contribution < 1.29 is 4.42 Å². The summed E-state index contributed by atoms with van der Waals surface area (Å²) >= 11 is 0. The topological polar surface area (TPSA) is 25.2 Å². The second-order valence-electron chi connectivity index (χ2n) is 4.10. The number of rotatable bonds is 4. The van der Waals surface area contributed by atoms with Crippen molar-refractivity contribution in [2.24, 2.45) is 5.92 Å². The summed E-state index contributed by atoms with van der Waals surface area (Å²) in [6.07, 6.45) is 7.23. The minimum absolute atomic E-state index is 0.442. The quantitative estimate of drug-likeness (QED) is 0.794. The molecule has 2 heteroatoms. The van der Waals surface area contributed by atoms with E-state index in [1.165, 1.54) is 25.7 Å². The predicted octanol–water partition coefficient (Wildman–Crippen LogP) is 3.12. The zero-order chi connectivity index (χ0) is 9.80. The standard InChI is InChI=1S/C12H19NO/c1-2-13-12(10-6-3-4-7-10)11-8-5-9-14-11/h5,8-10,12-13H,2-4,6-7H2,1H3. The summed E-state index contributed by atoms with van der Waals surface area (Å²) in [5.41, 5.74) is 0. The van der Waals surface area contributed by atoms with E-state index in [1.807, 2.05) is 6.07 Å². The Balaban J connectivity index is 2.06. The van der Waals surface area contributed by atoms with Crippen LogP contribution in [0.3, 0.4) is 0 Å². The van der Waals surface area contributed by atoms with Crippen molar-refractivity contribution in [3.63, 3.8) is 0 Å². The first kappa shape index (κ1) is 9.78. The molecule has 1 unspecified atom stereocenters. The normalized spacial score (nSPS) is 20.1. The predicted molar refractivity (Wildman–Crippen MR) is 57.1 cm³/mol. The van der Waals surface area contributed by atoms with Gasteiger partial charge >= 0.3 is 0 Å². The van der Waals surface area contributed by atoms with E-state index in [0.717, 1.165) is 18.2 Å². The van der Waals surface area contributed by atoms with E-state index in [9.17, 15) is 0 Å². The molecule has 1 fully saturated rings. The van der Waals surface area contributed by atoms with Crippen molar-refractivity contribution in [1.82, 2.24) is 5.32 Å². The van der Waals surface area contributed by atoms with Crippen LogP contribution in [0.5, 0.6) is 0 Å². The lowest BCUT2D eigenvalue weighted by molar-refractivity contribution is 0.317. The maximum Gasteiger partial charge on any atom is 0.120 e. The molecule has 2 nitrogen and oxygen atoms in total. The van der Waals surface area contributed by atoms with Crippen molar-refractivity contribution in [3.05, 3.63) is 24.2 Å². The molecule has 1 aliphatic rings. The van der Waals surface area contributed by atoms with Gasteiger partial charge in [-0.1, -0.05) is 19.8 Å². The highest BCUT2D eigenvalue weighted by Crippen LogP contribution is 2.35. The Bertz CT molecular complexity index is 249. The second kappa shape index (κ2) is 4.65. The molecule has 1 aromatic rings. The highest BCUT2D eigenvalue weighted by atomic mass is 16.3. The second-order valence-corrected chi connectivity index (χ2v) is 4.10. The lowest BCUT2D eigenvalue weighted by Crippen LogP contribution is -2.26. The van der Waals surface area contributed by atoms with Gasteiger partial charge in [-0.3, -0.25) is 0 Å². The van der Waals surface area contributed by atoms with Crippen molar-refractivity contribution >= 4 is 0 Å². The minimum atomic E-state index is 0.442. The molecule has 2 rings (SSSR count). The van der Waals surface area contributed by atoms with Gasteiger partial charge in [-0.2, -0.15) is 0 Å². The summed E-state index contributed by atoms with van der Waals surface area (Å²) in [6.45, 7) is 3.17. The zero-order valence-electron chi connectivity index (χ0n) is 8.83. The van der Waals surface area contributed by atoms with Gasteiger partial charge < -0.3 is 9.73 Å². The van der Waals surface area contributed by atoms with Crippen LogP contribution in [0, 0.1) is 5.92 Å². The van der Waals surface area contributed by atoms with E-state index in [2.05, 4.69) is 18.3 Å². The molecule has 14 heavy (non-hydrogen) atoms. The van der Waals surface area contributed by atoms with Crippen LogP contribution >= 0.6 is 0 Å². The smallest absolute Gasteiger partial charge is 0.120 e. The maximum absolute atomic E-state index is 5.50. The van der Waals surface area contributed by atoms with Crippen LogP contribution in [0.15, 0.2) is 22.8 Å². The van der Waals surface area contributed by atoms with Crippen LogP contribution in [0.2, 0.25) is 0 Å². The van der Waals surface area contributed by atoms with Gasteiger partial charge in [0, 0.05) is 0 Å². The average molecular weight is 193 g/mol. The number of hydrogen-bond acceptors (Lipinski definition) is 2. The Labute approximate surface area is 85.7 Å². The molecule has 1 saturated carbocycles. The molecule has 0 saturated heterocycles. The van der Waals surface area contributed by atoms with Crippen molar-refractivity contribution in [1.29, 1.82) is 0 Å². The van der Waals surface area contributed by atoms with Gasteiger partial charge in [-0.25, -0.2) is 0 Å². The fourth-order valence-corrected chi connectivity index (χ4v) is 2.48. The molecule has 1 atom stereocenters. The Kier molecular flexibility index (Phi) is 3.25. The summed E-state index contributed by atoms with van der Waals surface area (Å²) in [5, 5.41) is 3.53. The summed E-state index contributed by atoms with van der Waals surface area (Å²) < 4.78 is 5.50. The lowest BCUT2D eigenvalue weighted by Gasteiger charge is -2.21. The van der Waals surface area contributed by atoms with E-state index in [1.54, 1.807) is 6.26 Å². The zero-order valence-corrected chi connectivity index (χ0v) is 8.83. The van der Waals surface area contributed by atoms with Crippen LogP contribution < -0.4 is 5.32 Å². The molecule has 0 aliphatic heterocycles. The third kappa shape index (κ3) is 2.01. The van der Waals surface area contributed by atoms with Crippen LogP contribution in [0.25, 0.3) is 0 Å². The molecule has 0 amide bonds. The molecule has 1 N–H and O–H groups in total. The number of furan rings is 1. The SMILES string of the molecule is CCNC(c1ccco1)C1CCCC1. The van der Waals surface area contributed by atoms with Crippen LogP contribution in [-0.2, 0) is 0 Å². The van der Waals surface area contributed by atoms with Crippen molar-refractivity contribution in [2.75, 3.05) is 6.54 Å². The van der Waals surface area contributed by atoms with Gasteiger partial charge in [0.2, 0.25) is 0 Å². The fraction of sp³-hybridized carbons (Fsp3) is 0.667. The first-order valence-corrected chi connectivity index (χ1v) is 5.68. The van der Waals surface area contributed by atoms with E-state index in [4.69, 9.17) is 4.42 Å². The summed E-state index contributed by atoms with van der Waals surface area (Å²) in [7, 11) is 0. The third-order valence-corrected chi connectivity index (χ3v) is 3.14. The van der Waals surface area contributed by atoms with Crippen molar-refractivity contribution in [3.8, 4) is 0 Å². The van der Waals surface area contributed by atoms with Gasteiger partial charge in [-0.15, -0.1) is 0 Å². The highest BCUT2D eigenvalue weighted by molar-refractivity contribution is 5.06. The summed E-state index contributed by atoms with van der Waals surface area (Å²) in [5.74, 6) is 1.89. The molecule has 1 aliphatic carbocycles. The Morgan fingerprint density at radius 3 is 2.86 bits per heavy atom. The Morgan fingerprint density at radius 2 is 2.29 bits per heavy atom. The fourth-order valence-electron chi connectivity index (χ4n) is 2.48. The Hall–Kier alpha value is -0.760. The molecule has 78 valence electrons. The Morgan fingerprint density at radius 1 is 1.50 bits per heavy atom. The molecular weight excluding hydrogens is 174 g/mol. The van der Waals surface area contributed by atoms with Gasteiger partial charge in [-0.05, 0) is 37.4 Å². The van der Waals surface area contributed by atoms with Crippen LogP contribution in [-0.4, -0.2) is 6.54 Å². The summed E-state index contributed by atoms with van der Waals surface area (Å²) in [4.78, 5) is 0. The van der Waals surface area contributed by atoms with Crippen LogP contribution in [0.4, 0.5) is 0 Å². The first-order chi connectivity index (χ1) is 6.92. The van der Waals surface area contributed by atoms with E-state index < -0.39 is 0 Å². The highest BCUT2D eigenvalue weighted by Gasteiger charge is 2.27. The minimum Gasteiger partial charge on any atom is -0.468 e. The molecule has 0 radical (unpaired) electrons. The maximum atomic E-state index is 5.50. The van der Waals surface area contributed by atoms with Gasteiger partial charge in [0.15, 0.2) is 0 Å². The van der Waals surface area contributed by atoms with Crippen LogP contribution in [0.1, 0.15) is 44.4 Å². The molecule has 1 heterocycles.